The van der Waals surface area contributed by atoms with Crippen molar-refractivity contribution in [3.05, 3.63) is 60.1 Å². The van der Waals surface area contributed by atoms with Gasteiger partial charge < -0.3 is 15.0 Å². The van der Waals surface area contributed by atoms with Gasteiger partial charge in [-0.05, 0) is 24.5 Å². The second-order valence-corrected chi connectivity index (χ2v) is 11.8. The number of H-pyrrole nitrogens is 1. The van der Waals surface area contributed by atoms with Gasteiger partial charge in [0.1, 0.15) is 10.5 Å². The van der Waals surface area contributed by atoms with E-state index in [1.165, 1.54) is 25.4 Å². The topological polar surface area (TPSA) is 127 Å². The van der Waals surface area contributed by atoms with Crippen LogP contribution in [0.25, 0.3) is 22.4 Å². The molecule has 12 heteroatoms. The lowest BCUT2D eigenvalue weighted by Crippen LogP contribution is -2.37. The highest BCUT2D eigenvalue weighted by molar-refractivity contribution is 7.91. The first-order valence-electron chi connectivity index (χ1n) is 11.7. The fourth-order valence-electron chi connectivity index (χ4n) is 3.90. The van der Waals surface area contributed by atoms with E-state index >= 15 is 4.39 Å². The Balaban J connectivity index is 1.86. The summed E-state index contributed by atoms with van der Waals surface area (Å²) in [6, 6.07) is 5.46. The lowest BCUT2D eigenvalue weighted by Gasteiger charge is -2.31. The number of sulfone groups is 1. The smallest absolute Gasteiger partial charge is 0.307 e. The number of hydrogen-bond donors (Lipinski definition) is 2. The molecule has 0 spiro atoms. The fraction of sp³-hybridized carbons (Fsp3) is 0.308. The van der Waals surface area contributed by atoms with E-state index in [1.807, 2.05) is 20.8 Å². The Kier molecular flexibility index (Phi) is 7.20. The predicted molar refractivity (Wildman–Crippen MR) is 137 cm³/mol. The number of carbonyl (C=O) groups is 1. The maximum absolute atomic E-state index is 15.1. The lowest BCUT2D eigenvalue weighted by molar-refractivity contribution is -0.141. The van der Waals surface area contributed by atoms with Crippen molar-refractivity contribution in [1.82, 2.24) is 19.9 Å². The number of fused-ring (bicyclic) bond motifs is 1. The van der Waals surface area contributed by atoms with Gasteiger partial charge in [-0.15, -0.1) is 0 Å². The van der Waals surface area contributed by atoms with E-state index in [9.17, 15) is 17.6 Å². The molecule has 2 N–H and O–H groups in total. The Bertz CT molecular complexity index is 1610. The summed E-state index contributed by atoms with van der Waals surface area (Å²) in [4.78, 5) is 26.4. The number of aromatic nitrogens is 4. The third kappa shape index (κ3) is 5.21. The monoisotopic (exact) mass is 543 g/mol. The largest absolute Gasteiger partial charge is 0.469 e. The van der Waals surface area contributed by atoms with Crippen LogP contribution in [0.5, 0.6) is 0 Å². The number of carbonyl (C=O) groups excluding carboxylic acids is 1. The molecule has 0 aliphatic heterocycles. The molecule has 0 unspecified atom stereocenters. The van der Waals surface area contributed by atoms with Gasteiger partial charge in [-0.1, -0.05) is 38.5 Å². The summed E-state index contributed by atoms with van der Waals surface area (Å²) in [5.74, 6) is -2.61. The van der Waals surface area contributed by atoms with Crippen LogP contribution in [0.2, 0.25) is 0 Å². The molecule has 1 atom stereocenters. The van der Waals surface area contributed by atoms with Crippen LogP contribution in [0.15, 0.2) is 52.6 Å². The molecule has 3 aromatic heterocycles. The van der Waals surface area contributed by atoms with E-state index in [-0.39, 0.29) is 39.6 Å². The minimum atomic E-state index is -4.32. The highest BCUT2D eigenvalue weighted by Crippen LogP contribution is 2.36. The van der Waals surface area contributed by atoms with Crippen molar-refractivity contribution >= 4 is 32.7 Å². The van der Waals surface area contributed by atoms with Crippen molar-refractivity contribution in [2.45, 2.75) is 49.9 Å². The number of aromatic amines is 1. The molecule has 0 amide bonds. The molecule has 4 rings (SSSR count). The average Bonchev–Trinajstić information content (AvgIpc) is 3.28. The molecule has 0 radical (unpaired) electrons. The molecule has 0 bridgehead atoms. The second kappa shape index (κ2) is 10.1. The first kappa shape index (κ1) is 27.1. The van der Waals surface area contributed by atoms with Gasteiger partial charge in [-0.2, -0.15) is 0 Å². The van der Waals surface area contributed by atoms with Crippen LogP contribution in [0.4, 0.5) is 14.6 Å². The molecule has 0 saturated heterocycles. The van der Waals surface area contributed by atoms with Crippen molar-refractivity contribution in [2.24, 2.45) is 5.41 Å². The third-order valence-electron chi connectivity index (χ3n) is 6.15. The number of hydrogen-bond acceptors (Lipinski definition) is 8. The van der Waals surface area contributed by atoms with E-state index in [4.69, 9.17) is 4.74 Å². The van der Waals surface area contributed by atoms with E-state index in [1.54, 1.807) is 19.1 Å². The van der Waals surface area contributed by atoms with Crippen molar-refractivity contribution in [3.63, 3.8) is 0 Å². The summed E-state index contributed by atoms with van der Waals surface area (Å²) in [6.45, 7) is 7.40. The van der Waals surface area contributed by atoms with Crippen LogP contribution in [-0.2, 0) is 19.4 Å². The summed E-state index contributed by atoms with van der Waals surface area (Å²) >= 11 is 0. The van der Waals surface area contributed by atoms with Crippen molar-refractivity contribution < 1.29 is 26.7 Å². The van der Waals surface area contributed by atoms with E-state index in [0.29, 0.717) is 0 Å². The molecule has 200 valence electrons. The zero-order valence-electron chi connectivity index (χ0n) is 21.5. The number of ether oxygens (including phenoxy) is 1. The normalized spacial score (nSPS) is 12.9. The SMILES string of the molecule is COC(=O)C[C@@H](Nc1nc(-c2c[nH]c3ncc(F)c(S(=O)(=O)c4ccc(C)cc4)c23)ncc1F)C(C)(C)C. The summed E-state index contributed by atoms with van der Waals surface area (Å²) in [5.41, 5.74) is 0.551. The van der Waals surface area contributed by atoms with Crippen LogP contribution in [0.3, 0.4) is 0 Å². The van der Waals surface area contributed by atoms with Crippen molar-refractivity contribution in [2.75, 3.05) is 12.4 Å². The molecule has 0 aliphatic carbocycles. The maximum atomic E-state index is 15.1. The van der Waals surface area contributed by atoms with Crippen molar-refractivity contribution in [1.29, 1.82) is 0 Å². The van der Waals surface area contributed by atoms with Gasteiger partial charge in [0.15, 0.2) is 23.3 Å². The number of benzene rings is 1. The minimum Gasteiger partial charge on any atom is -0.469 e. The lowest BCUT2D eigenvalue weighted by atomic mass is 9.84. The van der Waals surface area contributed by atoms with Gasteiger partial charge >= 0.3 is 5.97 Å². The summed E-state index contributed by atoms with van der Waals surface area (Å²) in [5, 5.41) is 2.88. The quantitative estimate of drug-likeness (QED) is 0.318. The third-order valence-corrected chi connectivity index (χ3v) is 7.98. The van der Waals surface area contributed by atoms with Gasteiger partial charge in [-0.3, -0.25) is 4.79 Å². The minimum absolute atomic E-state index is 0.0556. The number of methoxy groups -OCH3 is 1. The Morgan fingerprint density at radius 1 is 1.11 bits per heavy atom. The molecular weight excluding hydrogens is 516 g/mol. The molecular formula is C26H27F2N5O4S. The van der Waals surface area contributed by atoms with E-state index in [2.05, 4.69) is 25.3 Å². The van der Waals surface area contributed by atoms with Gasteiger partial charge in [-0.25, -0.2) is 32.2 Å². The number of nitrogens with one attached hydrogen (secondary N) is 2. The zero-order chi connectivity index (χ0) is 27.8. The number of anilines is 1. The molecule has 38 heavy (non-hydrogen) atoms. The van der Waals surface area contributed by atoms with Crippen LogP contribution < -0.4 is 5.32 Å². The fourth-order valence-corrected chi connectivity index (χ4v) is 5.42. The number of halogens is 2. The number of aryl methyl sites for hydroxylation is 1. The first-order valence-corrected chi connectivity index (χ1v) is 13.1. The van der Waals surface area contributed by atoms with Crippen molar-refractivity contribution in [3.8, 4) is 11.4 Å². The van der Waals surface area contributed by atoms with Gasteiger partial charge in [0.2, 0.25) is 9.84 Å². The predicted octanol–water partition coefficient (Wildman–Crippen LogP) is 4.83. The number of rotatable bonds is 7. The maximum Gasteiger partial charge on any atom is 0.307 e. The summed E-state index contributed by atoms with van der Waals surface area (Å²) in [6.07, 6.45) is 3.07. The Morgan fingerprint density at radius 2 is 1.76 bits per heavy atom. The molecule has 0 fully saturated rings. The summed E-state index contributed by atoms with van der Waals surface area (Å²) in [7, 11) is -3.06. The van der Waals surface area contributed by atoms with Crippen LogP contribution in [0.1, 0.15) is 32.8 Å². The van der Waals surface area contributed by atoms with E-state index < -0.39 is 43.8 Å². The van der Waals surface area contributed by atoms with Crippen LogP contribution >= 0.6 is 0 Å². The van der Waals surface area contributed by atoms with E-state index in [0.717, 1.165) is 18.0 Å². The number of esters is 1. The summed E-state index contributed by atoms with van der Waals surface area (Å²) < 4.78 is 61.8. The van der Waals surface area contributed by atoms with Gasteiger partial charge in [0.25, 0.3) is 0 Å². The zero-order valence-corrected chi connectivity index (χ0v) is 22.3. The Morgan fingerprint density at radius 3 is 2.39 bits per heavy atom. The second-order valence-electron chi connectivity index (χ2n) is 9.91. The molecule has 9 nitrogen and oxygen atoms in total. The standard InChI is InChI=1S/C26H27F2N5O4S/c1-14-6-8-15(9-7-14)38(35,36)22-17(27)12-31-25-21(22)16(11-29-25)23-30-13-18(28)24(33-23)32-19(26(2,3)4)10-20(34)37-5/h6-9,11-13,19H,10H2,1-5H3,(H,29,31)(H,30,32,33)/t19-/m1/s1. The highest BCUT2D eigenvalue weighted by atomic mass is 32.2. The van der Waals surface area contributed by atoms with Gasteiger partial charge in [0.05, 0.1) is 36.2 Å². The van der Waals surface area contributed by atoms with Crippen LogP contribution in [0, 0.1) is 24.0 Å². The van der Waals surface area contributed by atoms with Crippen LogP contribution in [-0.4, -0.2) is 47.5 Å². The first-order chi connectivity index (χ1) is 17.8. The van der Waals surface area contributed by atoms with Gasteiger partial charge in [0, 0.05) is 17.8 Å². The Hall–Kier alpha value is -3.93. The molecule has 3 heterocycles. The molecule has 1 aromatic carbocycles. The highest BCUT2D eigenvalue weighted by Gasteiger charge is 2.31. The molecule has 0 saturated carbocycles. The number of nitrogens with zero attached hydrogens (tertiary/aromatic N) is 3. The number of pyridine rings is 1. The Labute approximate surface area is 218 Å². The average molecular weight is 544 g/mol. The molecule has 0 aliphatic rings. The molecule has 4 aromatic rings.